The summed E-state index contributed by atoms with van der Waals surface area (Å²) in [7, 11) is 0. The van der Waals surface area contributed by atoms with Gasteiger partial charge in [0.05, 0.1) is 6.54 Å². The smallest absolute Gasteiger partial charge is 0.261 e. The minimum Gasteiger partial charge on any atom is -0.480 e. The molecule has 0 aliphatic rings. The van der Waals surface area contributed by atoms with Crippen molar-refractivity contribution in [2.45, 2.75) is 39.8 Å². The van der Waals surface area contributed by atoms with Gasteiger partial charge in [-0.1, -0.05) is 25.1 Å². The summed E-state index contributed by atoms with van der Waals surface area (Å²) in [4.78, 5) is 16.3. The highest BCUT2D eigenvalue weighted by atomic mass is 16.5. The maximum absolute atomic E-state index is 12.2. The zero-order valence-electron chi connectivity index (χ0n) is 12.5. The number of aryl methyl sites for hydroxylation is 2. The highest BCUT2D eigenvalue weighted by Gasteiger charge is 2.19. The number of aromatic amines is 1. The molecule has 1 amide bonds. The molecule has 0 radical (unpaired) electrons. The van der Waals surface area contributed by atoms with Crippen molar-refractivity contribution in [3.05, 3.63) is 41.5 Å². The topological polar surface area (TPSA) is 79.9 Å². The van der Waals surface area contributed by atoms with Crippen molar-refractivity contribution in [2.24, 2.45) is 0 Å². The van der Waals surface area contributed by atoms with Gasteiger partial charge in [0, 0.05) is 0 Å². The van der Waals surface area contributed by atoms with Crippen LogP contribution in [0.15, 0.2) is 24.3 Å². The Kier molecular flexibility index (Phi) is 4.92. The Balaban J connectivity index is 1.94. The molecule has 1 aromatic carbocycles. The summed E-state index contributed by atoms with van der Waals surface area (Å²) >= 11 is 0. The number of hydrogen-bond donors (Lipinski definition) is 2. The van der Waals surface area contributed by atoms with Crippen LogP contribution in [-0.4, -0.2) is 27.2 Å². The van der Waals surface area contributed by atoms with Gasteiger partial charge >= 0.3 is 0 Å². The van der Waals surface area contributed by atoms with E-state index in [4.69, 9.17) is 4.74 Å². The summed E-state index contributed by atoms with van der Waals surface area (Å²) in [5.74, 6) is 1.85. The first-order chi connectivity index (χ1) is 10.1. The second-order valence-corrected chi connectivity index (χ2v) is 4.84. The van der Waals surface area contributed by atoms with Crippen LogP contribution in [0.3, 0.4) is 0 Å². The van der Waals surface area contributed by atoms with Crippen molar-refractivity contribution in [1.82, 2.24) is 20.5 Å². The zero-order valence-corrected chi connectivity index (χ0v) is 12.5. The fourth-order valence-corrected chi connectivity index (χ4v) is 1.91. The molecular weight excluding hydrogens is 268 g/mol. The molecular formula is C15H20N4O2. The standard InChI is InChI=1S/C15H20N4O2/c1-4-12(21-13-8-6-5-7-10(13)2)15(20)16-9-14-17-11(3)18-19-14/h5-8,12H,4,9H2,1-3H3,(H,16,20)(H,17,18,19). The molecule has 0 aliphatic heterocycles. The van der Waals surface area contributed by atoms with Crippen molar-refractivity contribution in [3.63, 3.8) is 0 Å². The van der Waals surface area contributed by atoms with Crippen LogP contribution in [0, 0.1) is 13.8 Å². The maximum Gasteiger partial charge on any atom is 0.261 e. The number of aromatic nitrogens is 3. The monoisotopic (exact) mass is 288 g/mol. The fraction of sp³-hybridized carbons (Fsp3) is 0.400. The lowest BCUT2D eigenvalue weighted by Crippen LogP contribution is -2.38. The van der Waals surface area contributed by atoms with Crippen molar-refractivity contribution in [3.8, 4) is 5.75 Å². The second kappa shape index (κ2) is 6.88. The number of hydrogen-bond acceptors (Lipinski definition) is 4. The van der Waals surface area contributed by atoms with E-state index in [1.165, 1.54) is 0 Å². The van der Waals surface area contributed by atoms with Gasteiger partial charge in [-0.15, -0.1) is 0 Å². The van der Waals surface area contributed by atoms with E-state index in [-0.39, 0.29) is 12.5 Å². The van der Waals surface area contributed by atoms with Gasteiger partial charge in [0.2, 0.25) is 0 Å². The quantitative estimate of drug-likeness (QED) is 0.850. The number of carbonyl (C=O) groups is 1. The Bertz CT molecular complexity index is 609. The van der Waals surface area contributed by atoms with Gasteiger partial charge in [-0.2, -0.15) is 5.10 Å². The second-order valence-electron chi connectivity index (χ2n) is 4.84. The summed E-state index contributed by atoms with van der Waals surface area (Å²) in [6, 6.07) is 7.65. The number of rotatable bonds is 6. The number of para-hydroxylation sites is 1. The number of ether oxygens (including phenoxy) is 1. The van der Waals surface area contributed by atoms with E-state index >= 15 is 0 Å². The van der Waals surface area contributed by atoms with Crippen LogP contribution in [0.2, 0.25) is 0 Å². The first-order valence-corrected chi connectivity index (χ1v) is 6.98. The SMILES string of the molecule is CCC(Oc1ccccc1C)C(=O)NCc1n[nH]c(C)n1. The molecule has 0 spiro atoms. The van der Waals surface area contributed by atoms with Gasteiger partial charge < -0.3 is 10.1 Å². The zero-order chi connectivity index (χ0) is 15.2. The summed E-state index contributed by atoms with van der Waals surface area (Å²) in [6.07, 6.45) is 0.0684. The Morgan fingerprint density at radius 2 is 2.14 bits per heavy atom. The number of H-pyrrole nitrogens is 1. The van der Waals surface area contributed by atoms with Crippen molar-refractivity contribution in [1.29, 1.82) is 0 Å². The maximum atomic E-state index is 12.2. The normalized spacial score (nSPS) is 12.0. The lowest BCUT2D eigenvalue weighted by molar-refractivity contribution is -0.128. The van der Waals surface area contributed by atoms with E-state index < -0.39 is 6.10 Å². The van der Waals surface area contributed by atoms with Gasteiger partial charge in [0.15, 0.2) is 11.9 Å². The number of nitrogens with zero attached hydrogens (tertiary/aromatic N) is 2. The van der Waals surface area contributed by atoms with Crippen LogP contribution in [-0.2, 0) is 11.3 Å². The molecule has 6 heteroatoms. The van der Waals surface area contributed by atoms with Crippen LogP contribution in [0.1, 0.15) is 30.6 Å². The molecule has 0 saturated carbocycles. The minimum absolute atomic E-state index is 0.164. The van der Waals surface area contributed by atoms with Gasteiger partial charge in [-0.3, -0.25) is 9.89 Å². The van der Waals surface area contributed by atoms with E-state index in [2.05, 4.69) is 20.5 Å². The third kappa shape index (κ3) is 4.05. The Labute approximate surface area is 123 Å². The molecule has 2 N–H and O–H groups in total. The molecule has 112 valence electrons. The number of benzene rings is 1. The van der Waals surface area contributed by atoms with E-state index in [0.717, 1.165) is 17.1 Å². The van der Waals surface area contributed by atoms with E-state index in [0.29, 0.717) is 12.2 Å². The van der Waals surface area contributed by atoms with Crippen molar-refractivity contribution < 1.29 is 9.53 Å². The molecule has 0 saturated heterocycles. The summed E-state index contributed by atoms with van der Waals surface area (Å²) < 4.78 is 5.79. The summed E-state index contributed by atoms with van der Waals surface area (Å²) in [5.41, 5.74) is 1.01. The third-order valence-electron chi connectivity index (χ3n) is 3.09. The van der Waals surface area contributed by atoms with Gasteiger partial charge in [-0.05, 0) is 31.9 Å². The predicted molar refractivity (Wildman–Crippen MR) is 78.9 cm³/mol. The highest BCUT2D eigenvalue weighted by Crippen LogP contribution is 2.18. The average Bonchev–Trinajstić information content (AvgIpc) is 2.89. The van der Waals surface area contributed by atoms with Crippen LogP contribution in [0.4, 0.5) is 0 Å². The molecule has 1 aromatic heterocycles. The number of amides is 1. The molecule has 2 aromatic rings. The van der Waals surface area contributed by atoms with Crippen LogP contribution < -0.4 is 10.1 Å². The van der Waals surface area contributed by atoms with E-state index in [1.807, 2.05) is 45.0 Å². The molecule has 6 nitrogen and oxygen atoms in total. The molecule has 21 heavy (non-hydrogen) atoms. The van der Waals surface area contributed by atoms with Gasteiger partial charge in [-0.25, -0.2) is 4.98 Å². The molecule has 1 atom stereocenters. The third-order valence-corrected chi connectivity index (χ3v) is 3.09. The summed E-state index contributed by atoms with van der Waals surface area (Å²) in [5, 5.41) is 9.51. The molecule has 0 fully saturated rings. The fourth-order valence-electron chi connectivity index (χ4n) is 1.91. The van der Waals surface area contributed by atoms with Crippen LogP contribution in [0.5, 0.6) is 5.75 Å². The van der Waals surface area contributed by atoms with E-state index in [1.54, 1.807) is 0 Å². The Morgan fingerprint density at radius 1 is 1.38 bits per heavy atom. The largest absolute Gasteiger partial charge is 0.480 e. The Hall–Kier alpha value is -2.37. The number of carbonyl (C=O) groups excluding carboxylic acids is 1. The van der Waals surface area contributed by atoms with Crippen LogP contribution >= 0.6 is 0 Å². The van der Waals surface area contributed by atoms with Crippen molar-refractivity contribution in [2.75, 3.05) is 0 Å². The van der Waals surface area contributed by atoms with Gasteiger partial charge in [0.25, 0.3) is 5.91 Å². The minimum atomic E-state index is -0.522. The molecule has 0 bridgehead atoms. The first-order valence-electron chi connectivity index (χ1n) is 6.98. The molecule has 1 heterocycles. The number of nitrogens with one attached hydrogen (secondary N) is 2. The lowest BCUT2D eigenvalue weighted by atomic mass is 10.2. The van der Waals surface area contributed by atoms with Crippen molar-refractivity contribution >= 4 is 5.91 Å². The first kappa shape index (κ1) is 15.0. The highest BCUT2D eigenvalue weighted by molar-refractivity contribution is 5.81. The predicted octanol–water partition coefficient (Wildman–Crippen LogP) is 1.90. The molecule has 2 rings (SSSR count). The molecule has 0 aliphatic carbocycles. The van der Waals surface area contributed by atoms with Crippen LogP contribution in [0.25, 0.3) is 0 Å². The van der Waals surface area contributed by atoms with E-state index in [9.17, 15) is 4.79 Å². The molecule has 1 unspecified atom stereocenters. The van der Waals surface area contributed by atoms with Gasteiger partial charge in [0.1, 0.15) is 11.6 Å². The Morgan fingerprint density at radius 3 is 2.76 bits per heavy atom. The lowest BCUT2D eigenvalue weighted by Gasteiger charge is -2.18. The average molecular weight is 288 g/mol. The summed E-state index contributed by atoms with van der Waals surface area (Å²) in [6.45, 7) is 5.97.